The number of halogens is 1. The van der Waals surface area contributed by atoms with E-state index in [4.69, 9.17) is 0 Å². The molecule has 1 aromatic heterocycles. The van der Waals surface area contributed by atoms with E-state index in [0.29, 0.717) is 11.7 Å². The molecule has 1 heterocycles. The molecule has 4 heteroatoms. The zero-order chi connectivity index (χ0) is 11.7. The summed E-state index contributed by atoms with van der Waals surface area (Å²) in [4.78, 5) is 4.50. The number of H-pyrrole nitrogens is 1. The minimum Gasteiger partial charge on any atom is -0.262 e. The Morgan fingerprint density at radius 2 is 1.82 bits per heavy atom. The first kappa shape index (κ1) is 10.4. The third-order valence-corrected chi connectivity index (χ3v) is 3.35. The summed E-state index contributed by atoms with van der Waals surface area (Å²) in [7, 11) is 0. The summed E-state index contributed by atoms with van der Waals surface area (Å²) < 4.78 is 12.8. The number of hydrogen-bond acceptors (Lipinski definition) is 2. The van der Waals surface area contributed by atoms with Gasteiger partial charge in [-0.3, -0.25) is 5.10 Å². The Morgan fingerprint density at radius 3 is 2.53 bits per heavy atom. The fourth-order valence-electron chi connectivity index (χ4n) is 2.38. The molecule has 0 unspecified atom stereocenters. The van der Waals surface area contributed by atoms with E-state index in [1.54, 1.807) is 12.1 Å². The van der Waals surface area contributed by atoms with Crippen molar-refractivity contribution in [2.45, 2.75) is 31.6 Å². The van der Waals surface area contributed by atoms with Crippen LogP contribution in [0.4, 0.5) is 4.39 Å². The Morgan fingerprint density at radius 1 is 1.12 bits per heavy atom. The molecule has 17 heavy (non-hydrogen) atoms. The molecule has 2 aromatic rings. The molecule has 0 atom stereocenters. The molecular weight excluding hydrogens is 217 g/mol. The Kier molecular flexibility index (Phi) is 2.63. The van der Waals surface area contributed by atoms with Crippen molar-refractivity contribution in [2.75, 3.05) is 0 Å². The van der Waals surface area contributed by atoms with Crippen LogP contribution in [0.5, 0.6) is 0 Å². The molecule has 0 spiro atoms. The van der Waals surface area contributed by atoms with Crippen LogP contribution in [0.1, 0.15) is 37.4 Å². The zero-order valence-corrected chi connectivity index (χ0v) is 9.49. The maximum absolute atomic E-state index is 12.8. The molecule has 1 fully saturated rings. The predicted molar refractivity (Wildman–Crippen MR) is 63.0 cm³/mol. The van der Waals surface area contributed by atoms with Crippen molar-refractivity contribution in [2.24, 2.45) is 0 Å². The predicted octanol–water partition coefficient (Wildman–Crippen LogP) is 3.27. The van der Waals surface area contributed by atoms with Gasteiger partial charge in [0, 0.05) is 11.5 Å². The van der Waals surface area contributed by atoms with Gasteiger partial charge in [0.25, 0.3) is 0 Å². The standard InChI is InChI=1S/C13H14FN3/c14-11-7-5-10(6-8-11)13-15-12(16-17-13)9-3-1-2-4-9/h5-9H,1-4H2,(H,15,16,17). The summed E-state index contributed by atoms with van der Waals surface area (Å²) in [5.74, 6) is 1.92. The molecule has 0 radical (unpaired) electrons. The fraction of sp³-hybridized carbons (Fsp3) is 0.385. The first-order valence-corrected chi connectivity index (χ1v) is 6.01. The van der Waals surface area contributed by atoms with Crippen molar-refractivity contribution in [1.29, 1.82) is 0 Å². The van der Waals surface area contributed by atoms with Crippen LogP contribution in [0, 0.1) is 5.82 Å². The molecule has 1 N–H and O–H groups in total. The normalized spacial score (nSPS) is 16.5. The number of benzene rings is 1. The second kappa shape index (κ2) is 4.28. The Balaban J connectivity index is 1.86. The largest absolute Gasteiger partial charge is 0.262 e. The van der Waals surface area contributed by atoms with Crippen LogP contribution in [0.2, 0.25) is 0 Å². The first-order chi connectivity index (χ1) is 8.33. The Bertz CT molecular complexity index is 498. The van der Waals surface area contributed by atoms with Gasteiger partial charge in [-0.2, -0.15) is 5.10 Å². The van der Waals surface area contributed by atoms with Gasteiger partial charge in [-0.25, -0.2) is 9.37 Å². The Labute approximate surface area is 99.1 Å². The monoisotopic (exact) mass is 231 g/mol. The number of nitrogens with zero attached hydrogens (tertiary/aromatic N) is 2. The molecule has 0 saturated heterocycles. The average molecular weight is 231 g/mol. The molecule has 3 nitrogen and oxygen atoms in total. The molecular formula is C13H14FN3. The molecule has 1 aromatic carbocycles. The van der Waals surface area contributed by atoms with Gasteiger partial charge >= 0.3 is 0 Å². The van der Waals surface area contributed by atoms with Gasteiger partial charge < -0.3 is 0 Å². The second-order valence-corrected chi connectivity index (χ2v) is 4.53. The van der Waals surface area contributed by atoms with Crippen molar-refractivity contribution < 1.29 is 4.39 Å². The molecule has 0 amide bonds. The van der Waals surface area contributed by atoms with Gasteiger partial charge in [0.15, 0.2) is 5.82 Å². The van der Waals surface area contributed by atoms with Crippen LogP contribution >= 0.6 is 0 Å². The van der Waals surface area contributed by atoms with E-state index < -0.39 is 0 Å². The van der Waals surface area contributed by atoms with E-state index in [0.717, 1.165) is 11.4 Å². The maximum atomic E-state index is 12.8. The van der Waals surface area contributed by atoms with E-state index >= 15 is 0 Å². The van der Waals surface area contributed by atoms with E-state index in [1.165, 1.54) is 37.8 Å². The number of rotatable bonds is 2. The molecule has 1 saturated carbocycles. The number of aromatic amines is 1. The summed E-state index contributed by atoms with van der Waals surface area (Å²) in [5.41, 5.74) is 0.854. The molecule has 1 aliphatic carbocycles. The lowest BCUT2D eigenvalue weighted by atomic mass is 10.1. The van der Waals surface area contributed by atoms with Crippen molar-refractivity contribution >= 4 is 0 Å². The summed E-state index contributed by atoms with van der Waals surface area (Å²) in [6.07, 6.45) is 4.94. The topological polar surface area (TPSA) is 41.6 Å². The number of aromatic nitrogens is 3. The van der Waals surface area contributed by atoms with Gasteiger partial charge in [-0.1, -0.05) is 12.8 Å². The minimum atomic E-state index is -0.236. The quantitative estimate of drug-likeness (QED) is 0.861. The van der Waals surface area contributed by atoms with Gasteiger partial charge in [-0.15, -0.1) is 0 Å². The van der Waals surface area contributed by atoms with Crippen molar-refractivity contribution in [3.05, 3.63) is 35.9 Å². The van der Waals surface area contributed by atoms with Crippen molar-refractivity contribution in [1.82, 2.24) is 15.2 Å². The highest BCUT2D eigenvalue weighted by Crippen LogP contribution is 2.32. The summed E-state index contributed by atoms with van der Waals surface area (Å²) in [6, 6.07) is 6.27. The van der Waals surface area contributed by atoms with Crippen LogP contribution in [0.25, 0.3) is 11.4 Å². The second-order valence-electron chi connectivity index (χ2n) is 4.53. The van der Waals surface area contributed by atoms with Crippen LogP contribution in [-0.2, 0) is 0 Å². The van der Waals surface area contributed by atoms with E-state index in [-0.39, 0.29) is 5.82 Å². The molecule has 1 aliphatic rings. The maximum Gasteiger partial charge on any atom is 0.181 e. The third-order valence-electron chi connectivity index (χ3n) is 3.35. The van der Waals surface area contributed by atoms with Gasteiger partial charge in [0.05, 0.1) is 0 Å². The zero-order valence-electron chi connectivity index (χ0n) is 9.49. The van der Waals surface area contributed by atoms with Gasteiger partial charge in [0.2, 0.25) is 0 Å². The molecule has 3 rings (SSSR count). The minimum absolute atomic E-state index is 0.236. The van der Waals surface area contributed by atoms with E-state index in [1.807, 2.05) is 0 Å². The lowest BCUT2D eigenvalue weighted by Crippen LogP contribution is -1.94. The average Bonchev–Trinajstić information content (AvgIpc) is 3.00. The van der Waals surface area contributed by atoms with Crippen LogP contribution in [-0.4, -0.2) is 15.2 Å². The van der Waals surface area contributed by atoms with Gasteiger partial charge in [-0.05, 0) is 37.1 Å². The fourth-order valence-corrected chi connectivity index (χ4v) is 2.38. The highest BCUT2D eigenvalue weighted by molar-refractivity contribution is 5.54. The molecule has 0 bridgehead atoms. The highest BCUT2D eigenvalue weighted by atomic mass is 19.1. The summed E-state index contributed by atoms with van der Waals surface area (Å²) >= 11 is 0. The van der Waals surface area contributed by atoms with Crippen LogP contribution < -0.4 is 0 Å². The number of nitrogens with one attached hydrogen (secondary N) is 1. The van der Waals surface area contributed by atoms with E-state index in [2.05, 4.69) is 15.2 Å². The van der Waals surface area contributed by atoms with Crippen LogP contribution in [0.3, 0.4) is 0 Å². The first-order valence-electron chi connectivity index (χ1n) is 6.01. The van der Waals surface area contributed by atoms with Crippen LogP contribution in [0.15, 0.2) is 24.3 Å². The van der Waals surface area contributed by atoms with Gasteiger partial charge in [0.1, 0.15) is 11.6 Å². The lowest BCUT2D eigenvalue weighted by Gasteiger charge is -2.01. The SMILES string of the molecule is Fc1ccc(-c2n[nH]c(C3CCCC3)n2)cc1. The number of hydrogen-bond donors (Lipinski definition) is 1. The smallest absolute Gasteiger partial charge is 0.181 e. The lowest BCUT2D eigenvalue weighted by molar-refractivity contribution is 0.628. The Hall–Kier alpha value is -1.71. The third kappa shape index (κ3) is 2.07. The van der Waals surface area contributed by atoms with Crippen molar-refractivity contribution in [3.8, 4) is 11.4 Å². The van der Waals surface area contributed by atoms with Crippen molar-refractivity contribution in [3.63, 3.8) is 0 Å². The molecule has 88 valence electrons. The summed E-state index contributed by atoms with van der Waals surface area (Å²) in [6.45, 7) is 0. The molecule has 0 aliphatic heterocycles. The van der Waals surface area contributed by atoms with E-state index in [9.17, 15) is 4.39 Å². The highest BCUT2D eigenvalue weighted by Gasteiger charge is 2.20. The summed E-state index contributed by atoms with van der Waals surface area (Å²) in [5, 5.41) is 7.21.